The molecule has 0 aromatic carbocycles. The topological polar surface area (TPSA) is 12.4 Å². The van der Waals surface area contributed by atoms with Gasteiger partial charge in [-0.2, -0.15) is 0 Å². The molecule has 2 aliphatic rings. The van der Waals surface area contributed by atoms with Crippen LogP contribution in [0.15, 0.2) is 17.1 Å². The van der Waals surface area contributed by atoms with Crippen LogP contribution in [0.5, 0.6) is 0 Å². The molecule has 0 radical (unpaired) electrons. The molecule has 0 N–H and O–H groups in total. The maximum Gasteiger partial charge on any atom is 0.0571 e. The van der Waals surface area contributed by atoms with Crippen LogP contribution in [0.4, 0.5) is 0 Å². The summed E-state index contributed by atoms with van der Waals surface area (Å²) >= 11 is 0. The normalized spacial score (nSPS) is 36.8. The summed E-state index contributed by atoms with van der Waals surface area (Å²) in [5.41, 5.74) is 2.52. The summed E-state index contributed by atoms with van der Waals surface area (Å²) in [7, 11) is 0. The highest BCUT2D eigenvalue weighted by Crippen LogP contribution is 2.36. The van der Waals surface area contributed by atoms with Crippen molar-refractivity contribution in [3.05, 3.63) is 12.2 Å². The smallest absolute Gasteiger partial charge is 0.0571 e. The van der Waals surface area contributed by atoms with Gasteiger partial charge in [-0.05, 0) is 25.3 Å². The van der Waals surface area contributed by atoms with E-state index >= 15 is 0 Å². The highest BCUT2D eigenvalue weighted by atomic mass is 14.9. The molecule has 2 rings (SSSR count). The van der Waals surface area contributed by atoms with E-state index in [2.05, 4.69) is 18.5 Å². The van der Waals surface area contributed by atoms with Gasteiger partial charge in [-0.15, -0.1) is 0 Å². The maximum atomic E-state index is 4.61. The molecular weight excluding hydrogens is 134 g/mol. The minimum atomic E-state index is 0.608. The Morgan fingerprint density at radius 3 is 2.82 bits per heavy atom. The lowest BCUT2D eigenvalue weighted by atomic mass is 9.82. The maximum absolute atomic E-state index is 4.61. The van der Waals surface area contributed by atoms with Crippen molar-refractivity contribution in [1.82, 2.24) is 0 Å². The summed E-state index contributed by atoms with van der Waals surface area (Å²) in [5, 5.41) is 0. The van der Waals surface area contributed by atoms with Crippen molar-refractivity contribution in [3.8, 4) is 0 Å². The predicted molar refractivity (Wildman–Crippen MR) is 48.0 cm³/mol. The molecule has 1 heteroatoms. The summed E-state index contributed by atoms with van der Waals surface area (Å²) in [6.45, 7) is 6.19. The molecule has 0 amide bonds. The lowest BCUT2D eigenvalue weighted by Gasteiger charge is -2.23. The van der Waals surface area contributed by atoms with Gasteiger partial charge in [0.1, 0.15) is 0 Å². The lowest BCUT2D eigenvalue weighted by molar-refractivity contribution is 0.371. The van der Waals surface area contributed by atoms with Gasteiger partial charge in [-0.25, -0.2) is 0 Å². The average Bonchev–Trinajstić information content (AvgIpc) is 2.30. The molecule has 1 saturated carbocycles. The van der Waals surface area contributed by atoms with E-state index in [0.29, 0.717) is 12.0 Å². The first-order chi connectivity index (χ1) is 5.29. The second-order valence-corrected chi connectivity index (χ2v) is 3.70. The minimum Gasteiger partial charge on any atom is -0.286 e. The van der Waals surface area contributed by atoms with Gasteiger partial charge in [0.15, 0.2) is 0 Å². The molecule has 11 heavy (non-hydrogen) atoms. The summed E-state index contributed by atoms with van der Waals surface area (Å²) < 4.78 is 0. The molecule has 1 fully saturated rings. The molecule has 0 aromatic heterocycles. The molecule has 0 saturated heterocycles. The second-order valence-electron chi connectivity index (χ2n) is 3.70. The Morgan fingerprint density at radius 1 is 1.36 bits per heavy atom. The number of nitrogens with zero attached hydrogens (tertiary/aromatic N) is 1. The molecule has 0 aromatic rings. The fourth-order valence-electron chi connectivity index (χ4n) is 2.27. The van der Waals surface area contributed by atoms with Crippen LogP contribution in [0.3, 0.4) is 0 Å². The quantitative estimate of drug-likeness (QED) is 0.502. The van der Waals surface area contributed by atoms with E-state index in [9.17, 15) is 0 Å². The minimum absolute atomic E-state index is 0.608. The second kappa shape index (κ2) is 2.47. The zero-order valence-corrected chi connectivity index (χ0v) is 7.14. The van der Waals surface area contributed by atoms with Crippen molar-refractivity contribution in [2.75, 3.05) is 0 Å². The van der Waals surface area contributed by atoms with Gasteiger partial charge in [-0.3, -0.25) is 4.99 Å². The van der Waals surface area contributed by atoms with Crippen LogP contribution < -0.4 is 0 Å². The molecular formula is C10H15N. The van der Waals surface area contributed by atoms with Gasteiger partial charge in [0.25, 0.3) is 0 Å². The first kappa shape index (κ1) is 7.08. The molecule has 0 bridgehead atoms. The lowest BCUT2D eigenvalue weighted by Crippen LogP contribution is -2.19. The van der Waals surface area contributed by atoms with Crippen molar-refractivity contribution < 1.29 is 0 Å². The van der Waals surface area contributed by atoms with Crippen molar-refractivity contribution in [1.29, 1.82) is 0 Å². The molecule has 1 aliphatic carbocycles. The van der Waals surface area contributed by atoms with Crippen LogP contribution in [-0.4, -0.2) is 11.8 Å². The van der Waals surface area contributed by atoms with Gasteiger partial charge < -0.3 is 0 Å². The van der Waals surface area contributed by atoms with Crippen LogP contribution in [0.2, 0.25) is 0 Å². The van der Waals surface area contributed by atoms with E-state index in [1.807, 2.05) is 0 Å². The average molecular weight is 149 g/mol. The monoisotopic (exact) mass is 149 g/mol. The highest BCUT2D eigenvalue weighted by Gasteiger charge is 2.32. The third-order valence-corrected chi connectivity index (χ3v) is 3.00. The predicted octanol–water partition coefficient (Wildman–Crippen LogP) is 2.58. The SMILES string of the molecule is C=C1C(C)=NC2CCCCC12. The van der Waals surface area contributed by atoms with Gasteiger partial charge >= 0.3 is 0 Å². The Morgan fingerprint density at radius 2 is 2.09 bits per heavy atom. The number of aliphatic imine (C=N–C) groups is 1. The molecule has 1 nitrogen and oxygen atoms in total. The number of hydrogen-bond acceptors (Lipinski definition) is 1. The van der Waals surface area contributed by atoms with Crippen LogP contribution >= 0.6 is 0 Å². The fraction of sp³-hybridized carbons (Fsp3) is 0.700. The third kappa shape index (κ3) is 1.03. The first-order valence-electron chi connectivity index (χ1n) is 4.52. The summed E-state index contributed by atoms with van der Waals surface area (Å²) in [5.74, 6) is 0.712. The highest BCUT2D eigenvalue weighted by molar-refractivity contribution is 6.00. The molecule has 1 heterocycles. The molecule has 2 unspecified atom stereocenters. The van der Waals surface area contributed by atoms with Crippen molar-refractivity contribution in [3.63, 3.8) is 0 Å². The number of fused-ring (bicyclic) bond motifs is 1. The van der Waals surface area contributed by atoms with E-state index in [0.717, 1.165) is 0 Å². The van der Waals surface area contributed by atoms with Crippen molar-refractivity contribution in [2.24, 2.45) is 10.9 Å². The fourth-order valence-corrected chi connectivity index (χ4v) is 2.27. The van der Waals surface area contributed by atoms with Crippen LogP contribution in [0.25, 0.3) is 0 Å². The van der Waals surface area contributed by atoms with E-state index in [4.69, 9.17) is 0 Å². The third-order valence-electron chi connectivity index (χ3n) is 3.00. The van der Waals surface area contributed by atoms with E-state index in [1.165, 1.54) is 37.0 Å². The van der Waals surface area contributed by atoms with Crippen LogP contribution in [-0.2, 0) is 0 Å². The van der Waals surface area contributed by atoms with E-state index in [1.54, 1.807) is 0 Å². The Bertz CT molecular complexity index is 215. The standard InChI is InChI=1S/C10H15N/c1-7-8(2)11-10-6-4-3-5-9(7)10/h9-10H,1,3-6H2,2H3. The van der Waals surface area contributed by atoms with E-state index in [-0.39, 0.29) is 0 Å². The molecule has 2 atom stereocenters. The van der Waals surface area contributed by atoms with Crippen molar-refractivity contribution >= 4 is 5.71 Å². The molecule has 1 aliphatic heterocycles. The molecule has 60 valence electrons. The number of hydrogen-bond donors (Lipinski definition) is 0. The van der Waals surface area contributed by atoms with Crippen LogP contribution in [0.1, 0.15) is 32.6 Å². The van der Waals surface area contributed by atoms with Gasteiger partial charge in [-0.1, -0.05) is 19.4 Å². The molecule has 0 spiro atoms. The zero-order chi connectivity index (χ0) is 7.84. The first-order valence-corrected chi connectivity index (χ1v) is 4.52. The Hall–Kier alpha value is -0.590. The van der Waals surface area contributed by atoms with E-state index < -0.39 is 0 Å². The summed E-state index contributed by atoms with van der Waals surface area (Å²) in [6.07, 6.45) is 5.36. The van der Waals surface area contributed by atoms with Crippen LogP contribution in [0, 0.1) is 5.92 Å². The van der Waals surface area contributed by atoms with Gasteiger partial charge in [0, 0.05) is 11.6 Å². The summed E-state index contributed by atoms with van der Waals surface area (Å²) in [6, 6.07) is 0.608. The Labute approximate surface area is 68.2 Å². The Balaban J connectivity index is 2.20. The van der Waals surface area contributed by atoms with Gasteiger partial charge in [0.05, 0.1) is 6.04 Å². The largest absolute Gasteiger partial charge is 0.286 e. The Kier molecular flexibility index (Phi) is 1.59. The zero-order valence-electron chi connectivity index (χ0n) is 7.14. The van der Waals surface area contributed by atoms with Crippen molar-refractivity contribution in [2.45, 2.75) is 38.6 Å². The number of rotatable bonds is 0. The summed E-state index contributed by atoms with van der Waals surface area (Å²) in [4.78, 5) is 4.61. The van der Waals surface area contributed by atoms with Gasteiger partial charge in [0.2, 0.25) is 0 Å².